The summed E-state index contributed by atoms with van der Waals surface area (Å²) in [6.07, 6.45) is 2.70. The van der Waals surface area contributed by atoms with Crippen LogP contribution in [0.15, 0.2) is 27.2 Å². The van der Waals surface area contributed by atoms with Crippen LogP contribution in [0, 0.1) is 0 Å². The van der Waals surface area contributed by atoms with Crippen molar-refractivity contribution in [2.45, 2.75) is 26.4 Å². The molecule has 142 valence electrons. The molecule has 1 saturated heterocycles. The lowest BCUT2D eigenvalue weighted by atomic mass is 10.3. The SMILES string of the molecule is CCc1nncn1CCNC(=NC)N1CCN(Cc2ccc(Br)s2)CC1. The Balaban J connectivity index is 1.43. The highest BCUT2D eigenvalue weighted by Gasteiger charge is 2.20. The number of aliphatic imine (C=N–C) groups is 1. The number of nitrogens with one attached hydrogen (secondary N) is 1. The van der Waals surface area contributed by atoms with Crippen LogP contribution in [0.25, 0.3) is 0 Å². The molecule has 26 heavy (non-hydrogen) atoms. The zero-order chi connectivity index (χ0) is 18.4. The quantitative estimate of drug-likeness (QED) is 0.551. The van der Waals surface area contributed by atoms with Gasteiger partial charge in [-0.1, -0.05) is 6.92 Å². The maximum absolute atomic E-state index is 4.45. The third kappa shape index (κ3) is 5.05. The van der Waals surface area contributed by atoms with Crippen molar-refractivity contribution in [3.05, 3.63) is 32.9 Å². The van der Waals surface area contributed by atoms with Crippen molar-refractivity contribution in [3.63, 3.8) is 0 Å². The van der Waals surface area contributed by atoms with E-state index in [1.165, 1.54) is 8.66 Å². The molecule has 2 aromatic heterocycles. The topological polar surface area (TPSA) is 61.6 Å². The molecule has 0 radical (unpaired) electrons. The first-order valence-corrected chi connectivity index (χ1v) is 10.6. The smallest absolute Gasteiger partial charge is 0.193 e. The predicted octanol–water partition coefficient (Wildman–Crippen LogP) is 2.06. The maximum Gasteiger partial charge on any atom is 0.193 e. The van der Waals surface area contributed by atoms with Gasteiger partial charge in [0.2, 0.25) is 0 Å². The summed E-state index contributed by atoms with van der Waals surface area (Å²) >= 11 is 5.36. The molecule has 1 aliphatic heterocycles. The Bertz CT molecular complexity index is 718. The normalized spacial score (nSPS) is 16.3. The summed E-state index contributed by atoms with van der Waals surface area (Å²) in [4.78, 5) is 10.7. The number of aryl methyl sites for hydroxylation is 1. The van der Waals surface area contributed by atoms with Gasteiger partial charge in [-0.3, -0.25) is 9.89 Å². The van der Waals surface area contributed by atoms with Crippen molar-refractivity contribution < 1.29 is 0 Å². The Kier molecular flexibility index (Phi) is 7.04. The van der Waals surface area contributed by atoms with Crippen molar-refractivity contribution in [1.29, 1.82) is 0 Å². The van der Waals surface area contributed by atoms with E-state index in [9.17, 15) is 0 Å². The van der Waals surface area contributed by atoms with Gasteiger partial charge in [-0.15, -0.1) is 21.5 Å². The van der Waals surface area contributed by atoms with Crippen molar-refractivity contribution in [1.82, 2.24) is 29.9 Å². The summed E-state index contributed by atoms with van der Waals surface area (Å²) < 4.78 is 3.30. The van der Waals surface area contributed by atoms with E-state index in [0.29, 0.717) is 0 Å². The molecule has 0 aromatic carbocycles. The number of thiophene rings is 1. The highest BCUT2D eigenvalue weighted by molar-refractivity contribution is 9.11. The lowest BCUT2D eigenvalue weighted by molar-refractivity contribution is 0.173. The van der Waals surface area contributed by atoms with E-state index >= 15 is 0 Å². The van der Waals surface area contributed by atoms with Gasteiger partial charge >= 0.3 is 0 Å². The van der Waals surface area contributed by atoms with E-state index in [-0.39, 0.29) is 0 Å². The van der Waals surface area contributed by atoms with Crippen molar-refractivity contribution in [2.75, 3.05) is 39.8 Å². The lowest BCUT2D eigenvalue weighted by Gasteiger charge is -2.36. The van der Waals surface area contributed by atoms with Crippen LogP contribution in [0.4, 0.5) is 0 Å². The summed E-state index contributed by atoms with van der Waals surface area (Å²) in [5, 5.41) is 11.6. The second-order valence-corrected chi connectivity index (χ2v) is 8.78. The first-order chi connectivity index (χ1) is 12.7. The molecular weight excluding hydrogens is 414 g/mol. The van der Waals surface area contributed by atoms with Crippen molar-refractivity contribution in [3.8, 4) is 0 Å². The van der Waals surface area contributed by atoms with Gasteiger partial charge in [-0.05, 0) is 28.1 Å². The third-order valence-electron chi connectivity index (χ3n) is 4.54. The van der Waals surface area contributed by atoms with Crippen LogP contribution in [0.3, 0.4) is 0 Å². The second-order valence-electron chi connectivity index (χ2n) is 6.24. The predicted molar refractivity (Wildman–Crippen MR) is 110 cm³/mol. The average Bonchev–Trinajstić information content (AvgIpc) is 3.28. The Morgan fingerprint density at radius 2 is 2.12 bits per heavy atom. The summed E-state index contributed by atoms with van der Waals surface area (Å²) in [6, 6.07) is 4.33. The minimum absolute atomic E-state index is 0.821. The van der Waals surface area contributed by atoms with Gasteiger partial charge in [-0.25, -0.2) is 0 Å². The molecule has 0 unspecified atom stereocenters. The standard InChI is InChI=1S/C17H26BrN7S/c1-3-16-22-21-13-25(16)7-6-20-17(19-2)24-10-8-23(9-11-24)12-14-4-5-15(18)26-14/h4-5,13H,3,6-12H2,1-2H3,(H,19,20). The number of halogens is 1. The van der Waals surface area contributed by atoms with E-state index < -0.39 is 0 Å². The molecule has 0 bridgehead atoms. The molecule has 7 nitrogen and oxygen atoms in total. The van der Waals surface area contributed by atoms with E-state index in [4.69, 9.17) is 0 Å². The fourth-order valence-electron chi connectivity index (χ4n) is 3.13. The first kappa shape index (κ1) is 19.3. The molecule has 1 aliphatic rings. The maximum atomic E-state index is 4.45. The Hall–Kier alpha value is -1.45. The average molecular weight is 440 g/mol. The van der Waals surface area contributed by atoms with Gasteiger partial charge in [-0.2, -0.15) is 0 Å². The highest BCUT2D eigenvalue weighted by Crippen LogP contribution is 2.23. The highest BCUT2D eigenvalue weighted by atomic mass is 79.9. The molecule has 0 atom stereocenters. The van der Waals surface area contributed by atoms with Crippen LogP contribution < -0.4 is 5.32 Å². The molecule has 1 N–H and O–H groups in total. The van der Waals surface area contributed by atoms with Gasteiger partial charge in [0, 0.05) is 64.2 Å². The van der Waals surface area contributed by atoms with Crippen LogP contribution in [0.2, 0.25) is 0 Å². The zero-order valence-corrected chi connectivity index (χ0v) is 17.8. The molecule has 0 amide bonds. The largest absolute Gasteiger partial charge is 0.354 e. The van der Waals surface area contributed by atoms with E-state index in [2.05, 4.69) is 69.9 Å². The number of aromatic nitrogens is 3. The number of hydrogen-bond donors (Lipinski definition) is 1. The first-order valence-electron chi connectivity index (χ1n) is 8.98. The molecular formula is C17H26BrN7S. The number of hydrogen-bond acceptors (Lipinski definition) is 5. The van der Waals surface area contributed by atoms with Crippen LogP contribution in [0.1, 0.15) is 17.6 Å². The zero-order valence-electron chi connectivity index (χ0n) is 15.4. The van der Waals surface area contributed by atoms with Crippen molar-refractivity contribution in [2.24, 2.45) is 4.99 Å². The minimum Gasteiger partial charge on any atom is -0.354 e. The molecule has 3 rings (SSSR count). The van der Waals surface area contributed by atoms with Crippen LogP contribution in [-0.2, 0) is 19.5 Å². The third-order valence-corrected chi connectivity index (χ3v) is 6.15. The van der Waals surface area contributed by atoms with Crippen LogP contribution in [0.5, 0.6) is 0 Å². The monoisotopic (exact) mass is 439 g/mol. The Morgan fingerprint density at radius 3 is 2.77 bits per heavy atom. The number of rotatable bonds is 6. The number of guanidine groups is 1. The summed E-state index contributed by atoms with van der Waals surface area (Å²) in [5.74, 6) is 2.00. The number of piperazine rings is 1. The second kappa shape index (κ2) is 9.48. The lowest BCUT2D eigenvalue weighted by Crippen LogP contribution is -2.52. The summed E-state index contributed by atoms with van der Waals surface area (Å²) in [5.41, 5.74) is 0. The molecule has 9 heteroatoms. The summed E-state index contributed by atoms with van der Waals surface area (Å²) in [6.45, 7) is 8.91. The van der Waals surface area contributed by atoms with Gasteiger partial charge in [0.05, 0.1) is 3.79 Å². The fraction of sp³-hybridized carbons (Fsp3) is 0.588. The van der Waals surface area contributed by atoms with Gasteiger partial charge in [0.15, 0.2) is 5.96 Å². The molecule has 1 fully saturated rings. The van der Waals surface area contributed by atoms with Gasteiger partial charge < -0.3 is 14.8 Å². The van der Waals surface area contributed by atoms with Crippen molar-refractivity contribution >= 4 is 33.2 Å². The fourth-order valence-corrected chi connectivity index (χ4v) is 4.66. The molecule has 0 spiro atoms. The van der Waals surface area contributed by atoms with Gasteiger partial charge in [0.1, 0.15) is 12.2 Å². The van der Waals surface area contributed by atoms with E-state index in [1.54, 1.807) is 6.33 Å². The molecule has 2 aromatic rings. The number of nitrogens with zero attached hydrogens (tertiary/aromatic N) is 6. The van der Waals surface area contributed by atoms with Gasteiger partial charge in [0.25, 0.3) is 0 Å². The molecule has 0 aliphatic carbocycles. The van der Waals surface area contributed by atoms with Crippen LogP contribution in [-0.4, -0.2) is 70.3 Å². The molecule has 0 saturated carbocycles. The van der Waals surface area contributed by atoms with E-state index in [0.717, 1.165) is 64.0 Å². The minimum atomic E-state index is 0.821. The Morgan fingerprint density at radius 1 is 1.31 bits per heavy atom. The molecule has 3 heterocycles. The summed E-state index contributed by atoms with van der Waals surface area (Å²) in [7, 11) is 1.86. The Labute approximate surface area is 167 Å². The van der Waals surface area contributed by atoms with E-state index in [1.807, 2.05) is 18.4 Å². The van der Waals surface area contributed by atoms with Crippen LogP contribution >= 0.6 is 27.3 Å².